The number of nitrogen functional groups attached to an aromatic ring is 1. The fourth-order valence-electron chi connectivity index (χ4n) is 4.02. The van der Waals surface area contributed by atoms with Gasteiger partial charge in [0.1, 0.15) is 11.3 Å². The Morgan fingerprint density at radius 2 is 2.03 bits per heavy atom. The van der Waals surface area contributed by atoms with Crippen LogP contribution >= 0.6 is 11.3 Å². The molecule has 0 radical (unpaired) electrons. The number of hydrogen-bond donors (Lipinski definition) is 2. The van der Waals surface area contributed by atoms with E-state index in [1.54, 1.807) is 5.51 Å². The summed E-state index contributed by atoms with van der Waals surface area (Å²) in [5.41, 5.74) is 9.98. The minimum Gasteiger partial charge on any atom is -0.368 e. The van der Waals surface area contributed by atoms with Crippen LogP contribution in [-0.2, 0) is 0 Å². The number of fused-ring (bicyclic) bond motifs is 1. The third-order valence-electron chi connectivity index (χ3n) is 5.88. The van der Waals surface area contributed by atoms with Crippen LogP contribution in [0.15, 0.2) is 17.6 Å². The summed E-state index contributed by atoms with van der Waals surface area (Å²) in [7, 11) is 0. The molecule has 2 aliphatic heterocycles. The van der Waals surface area contributed by atoms with Gasteiger partial charge in [-0.3, -0.25) is 0 Å². The zero-order chi connectivity index (χ0) is 21.5. The van der Waals surface area contributed by atoms with E-state index in [1.807, 2.05) is 24.0 Å². The average Bonchev–Trinajstić information content (AvgIpc) is 3.16. The fourth-order valence-corrected chi connectivity index (χ4v) is 4.68. The molecule has 0 bridgehead atoms. The average molecular weight is 440 g/mol. The van der Waals surface area contributed by atoms with Crippen molar-refractivity contribution in [1.29, 1.82) is 0 Å². The molecular weight excluding hydrogens is 414 g/mol. The predicted octanol–water partition coefficient (Wildman–Crippen LogP) is 2.32. The molecule has 1 atom stereocenters. The molecule has 0 saturated carbocycles. The van der Waals surface area contributed by atoms with Crippen LogP contribution in [0.4, 0.5) is 28.1 Å². The number of thiazole rings is 1. The summed E-state index contributed by atoms with van der Waals surface area (Å²) in [6.45, 7) is 7.88. The van der Waals surface area contributed by atoms with Crippen molar-refractivity contribution in [1.82, 2.24) is 24.8 Å². The molecule has 3 N–H and O–H groups in total. The van der Waals surface area contributed by atoms with E-state index < -0.39 is 0 Å². The summed E-state index contributed by atoms with van der Waals surface area (Å²) in [4.78, 5) is 37.7. The van der Waals surface area contributed by atoms with Crippen LogP contribution in [0, 0.1) is 6.92 Å². The highest BCUT2D eigenvalue weighted by atomic mass is 32.1. The monoisotopic (exact) mass is 439 g/mol. The Balaban J connectivity index is 1.27. The van der Waals surface area contributed by atoms with Crippen LogP contribution in [-0.4, -0.2) is 69.6 Å². The number of aromatic nitrogens is 4. The van der Waals surface area contributed by atoms with Crippen molar-refractivity contribution in [3.63, 3.8) is 0 Å². The first-order valence-electron chi connectivity index (χ1n) is 10.4. The van der Waals surface area contributed by atoms with E-state index in [2.05, 4.69) is 42.0 Å². The lowest BCUT2D eigenvalue weighted by molar-refractivity contribution is 0.200. The van der Waals surface area contributed by atoms with Gasteiger partial charge in [-0.25, -0.2) is 19.7 Å². The minimum atomic E-state index is -0.117. The summed E-state index contributed by atoms with van der Waals surface area (Å²) in [6, 6.07) is 3.86. The van der Waals surface area contributed by atoms with Gasteiger partial charge in [0.2, 0.25) is 5.95 Å². The third kappa shape index (κ3) is 3.69. The van der Waals surface area contributed by atoms with Crippen LogP contribution in [0.3, 0.4) is 0 Å². The quantitative estimate of drug-likeness (QED) is 0.639. The Kier molecular flexibility index (Phi) is 4.97. The number of hydrogen-bond acceptors (Lipinski definition) is 9. The van der Waals surface area contributed by atoms with E-state index in [0.717, 1.165) is 46.5 Å². The van der Waals surface area contributed by atoms with Crippen LogP contribution in [0.25, 0.3) is 10.3 Å². The molecule has 0 aromatic carbocycles. The SMILES string of the molecule is Cc1nc(N2CCC2)ccc1NC(=O)N1CCN(c2nc(N)nc3scnc23)C(C)C1. The first-order chi connectivity index (χ1) is 15.0. The van der Waals surface area contributed by atoms with Gasteiger partial charge in [-0.1, -0.05) is 0 Å². The van der Waals surface area contributed by atoms with Crippen LogP contribution in [0.5, 0.6) is 0 Å². The molecule has 2 saturated heterocycles. The van der Waals surface area contributed by atoms with Gasteiger partial charge in [-0.05, 0) is 32.4 Å². The number of urea groups is 1. The van der Waals surface area contributed by atoms with Crippen molar-refractivity contribution < 1.29 is 4.79 Å². The maximum Gasteiger partial charge on any atom is 0.322 e. The van der Waals surface area contributed by atoms with E-state index in [1.165, 1.54) is 17.8 Å². The maximum absolute atomic E-state index is 12.9. The van der Waals surface area contributed by atoms with Crippen molar-refractivity contribution in [2.75, 3.05) is 53.6 Å². The summed E-state index contributed by atoms with van der Waals surface area (Å²) in [5, 5.41) is 3.02. The van der Waals surface area contributed by atoms with Crippen LogP contribution in [0.2, 0.25) is 0 Å². The first-order valence-corrected chi connectivity index (χ1v) is 11.3. The highest BCUT2D eigenvalue weighted by Crippen LogP contribution is 2.29. The van der Waals surface area contributed by atoms with Crippen LogP contribution < -0.4 is 20.9 Å². The number of aryl methyl sites for hydroxylation is 1. The predicted molar refractivity (Wildman–Crippen MR) is 123 cm³/mol. The Bertz CT molecular complexity index is 1130. The molecule has 10 nitrogen and oxygen atoms in total. The molecule has 2 amide bonds. The largest absolute Gasteiger partial charge is 0.368 e. The van der Waals surface area contributed by atoms with E-state index in [9.17, 15) is 4.79 Å². The number of pyridine rings is 1. The minimum absolute atomic E-state index is 0.0618. The summed E-state index contributed by atoms with van der Waals surface area (Å²) < 4.78 is 0. The molecule has 0 aliphatic carbocycles. The number of piperazine rings is 1. The Labute approximate surface area is 184 Å². The van der Waals surface area contributed by atoms with E-state index in [4.69, 9.17) is 5.73 Å². The molecule has 31 heavy (non-hydrogen) atoms. The smallest absolute Gasteiger partial charge is 0.322 e. The molecule has 162 valence electrons. The van der Waals surface area contributed by atoms with E-state index in [-0.39, 0.29) is 18.0 Å². The lowest BCUT2D eigenvalue weighted by Gasteiger charge is -2.40. The number of nitrogens with two attached hydrogens (primary N) is 1. The molecule has 5 rings (SSSR count). The standard InChI is InChI=1S/C20H25N9OS/c1-12-10-28(8-9-29(12)17-16-18(31-11-22-16)26-19(21)25-17)20(30)24-14-4-5-15(23-13(14)2)27-6-3-7-27/h4-5,11-12H,3,6-10H2,1-2H3,(H,24,30)(H2,21,25,26). The molecule has 5 heterocycles. The fraction of sp³-hybridized carbons (Fsp3) is 0.450. The van der Waals surface area contributed by atoms with E-state index >= 15 is 0 Å². The molecule has 3 aromatic heterocycles. The highest BCUT2D eigenvalue weighted by molar-refractivity contribution is 7.16. The van der Waals surface area contributed by atoms with Gasteiger partial charge in [0.25, 0.3) is 0 Å². The normalized spacial score (nSPS) is 18.9. The van der Waals surface area contributed by atoms with Crippen LogP contribution in [0.1, 0.15) is 19.0 Å². The second kappa shape index (κ2) is 7.80. The third-order valence-corrected chi connectivity index (χ3v) is 6.60. The Hall–Kier alpha value is -3.21. The number of nitrogens with zero attached hydrogens (tertiary/aromatic N) is 7. The number of carbonyl (C=O) groups is 1. The summed E-state index contributed by atoms with van der Waals surface area (Å²) in [5.74, 6) is 1.95. The number of rotatable bonds is 3. The van der Waals surface area contributed by atoms with Crippen molar-refractivity contribution in [2.45, 2.75) is 26.3 Å². The molecule has 3 aromatic rings. The molecule has 1 unspecified atom stereocenters. The number of anilines is 4. The van der Waals surface area contributed by atoms with Crippen molar-refractivity contribution in [2.24, 2.45) is 0 Å². The van der Waals surface area contributed by atoms with Gasteiger partial charge in [-0.2, -0.15) is 4.98 Å². The molecule has 2 fully saturated rings. The second-order valence-electron chi connectivity index (χ2n) is 7.97. The molecule has 11 heteroatoms. The lowest BCUT2D eigenvalue weighted by Crippen LogP contribution is -2.55. The van der Waals surface area contributed by atoms with Gasteiger partial charge in [-0.15, -0.1) is 11.3 Å². The van der Waals surface area contributed by atoms with Gasteiger partial charge >= 0.3 is 6.03 Å². The number of carbonyl (C=O) groups excluding carboxylic acids is 1. The van der Waals surface area contributed by atoms with Crippen molar-refractivity contribution in [3.05, 3.63) is 23.3 Å². The van der Waals surface area contributed by atoms with Gasteiger partial charge in [0, 0.05) is 38.8 Å². The maximum atomic E-state index is 12.9. The number of amides is 2. The van der Waals surface area contributed by atoms with Crippen molar-refractivity contribution in [3.8, 4) is 0 Å². The first kappa shape index (κ1) is 19.7. The van der Waals surface area contributed by atoms with Crippen molar-refractivity contribution >= 4 is 51.0 Å². The lowest BCUT2D eigenvalue weighted by atomic mass is 10.2. The molecule has 0 spiro atoms. The van der Waals surface area contributed by atoms with Gasteiger partial charge in [0.05, 0.1) is 16.9 Å². The number of nitrogens with one attached hydrogen (secondary N) is 1. The van der Waals surface area contributed by atoms with Gasteiger partial charge in [0.15, 0.2) is 10.6 Å². The highest BCUT2D eigenvalue weighted by Gasteiger charge is 2.30. The summed E-state index contributed by atoms with van der Waals surface area (Å²) in [6.07, 6.45) is 1.21. The Morgan fingerprint density at radius 3 is 2.74 bits per heavy atom. The summed E-state index contributed by atoms with van der Waals surface area (Å²) >= 11 is 1.44. The topological polar surface area (TPSA) is 116 Å². The second-order valence-corrected chi connectivity index (χ2v) is 8.81. The molecule has 2 aliphatic rings. The van der Waals surface area contributed by atoms with E-state index in [0.29, 0.717) is 19.6 Å². The Morgan fingerprint density at radius 1 is 1.19 bits per heavy atom. The molecular formula is C20H25N9OS. The zero-order valence-corrected chi connectivity index (χ0v) is 18.4. The zero-order valence-electron chi connectivity index (χ0n) is 17.6. The van der Waals surface area contributed by atoms with Gasteiger partial charge < -0.3 is 25.8 Å².